The van der Waals surface area contributed by atoms with Crippen LogP contribution in [0.15, 0.2) is 35.0 Å². The van der Waals surface area contributed by atoms with E-state index in [-0.39, 0.29) is 5.54 Å². The molecule has 0 radical (unpaired) electrons. The summed E-state index contributed by atoms with van der Waals surface area (Å²) in [7, 11) is 1.68. The molecule has 0 fully saturated rings. The lowest BCUT2D eigenvalue weighted by Crippen LogP contribution is -2.35. The molecule has 0 saturated carbocycles. The molecule has 0 unspecified atom stereocenters. The maximum absolute atomic E-state index is 5.96. The number of hydrogen-bond donors (Lipinski definition) is 1. The molecule has 2 rings (SSSR count). The Morgan fingerprint density at radius 1 is 1.19 bits per heavy atom. The van der Waals surface area contributed by atoms with Crippen molar-refractivity contribution in [1.82, 2.24) is 5.32 Å². The van der Waals surface area contributed by atoms with Gasteiger partial charge in [-0.05, 0) is 61.4 Å². The number of nitrogens with one attached hydrogen (secondary N) is 1. The van der Waals surface area contributed by atoms with E-state index in [1.54, 1.807) is 18.4 Å². The van der Waals surface area contributed by atoms with Gasteiger partial charge < -0.3 is 14.8 Å². The number of benzene rings is 1. The van der Waals surface area contributed by atoms with Crippen LogP contribution in [0.25, 0.3) is 0 Å². The summed E-state index contributed by atoms with van der Waals surface area (Å²) in [5.74, 6) is 1.75. The summed E-state index contributed by atoms with van der Waals surface area (Å²) in [6.07, 6.45) is 0. The highest BCUT2D eigenvalue weighted by Crippen LogP contribution is 2.25. The van der Waals surface area contributed by atoms with Crippen molar-refractivity contribution in [3.8, 4) is 11.5 Å². The topological polar surface area (TPSA) is 30.5 Å². The van der Waals surface area contributed by atoms with Gasteiger partial charge in [0.1, 0.15) is 18.1 Å². The van der Waals surface area contributed by atoms with Crippen LogP contribution in [-0.4, -0.2) is 12.6 Å². The zero-order chi connectivity index (χ0) is 15.3. The van der Waals surface area contributed by atoms with Gasteiger partial charge in [0.25, 0.3) is 0 Å². The fraction of sp³-hybridized carbons (Fsp3) is 0.412. The van der Waals surface area contributed by atoms with Crippen molar-refractivity contribution in [2.24, 2.45) is 0 Å². The SMILES string of the molecule is COc1ccc(OCc2ccsc2)c(CNC(C)(C)C)c1. The average molecular weight is 305 g/mol. The molecule has 21 heavy (non-hydrogen) atoms. The molecule has 0 aliphatic heterocycles. The third-order valence-corrected chi connectivity index (χ3v) is 3.78. The molecule has 2 aromatic rings. The summed E-state index contributed by atoms with van der Waals surface area (Å²) in [5, 5.41) is 7.66. The molecule has 0 bridgehead atoms. The average Bonchev–Trinajstić information content (AvgIpc) is 2.95. The largest absolute Gasteiger partial charge is 0.497 e. The molecule has 1 heterocycles. The van der Waals surface area contributed by atoms with Crippen LogP contribution in [0.1, 0.15) is 31.9 Å². The monoisotopic (exact) mass is 305 g/mol. The summed E-state index contributed by atoms with van der Waals surface area (Å²) in [6.45, 7) is 7.80. The van der Waals surface area contributed by atoms with Gasteiger partial charge in [0.2, 0.25) is 0 Å². The number of methoxy groups -OCH3 is 1. The van der Waals surface area contributed by atoms with Crippen LogP contribution in [0.2, 0.25) is 0 Å². The lowest BCUT2D eigenvalue weighted by atomic mass is 10.1. The quantitative estimate of drug-likeness (QED) is 0.866. The third kappa shape index (κ3) is 5.06. The standard InChI is InChI=1S/C17H23NO2S/c1-17(2,3)18-10-14-9-15(19-4)5-6-16(14)20-11-13-7-8-21-12-13/h5-9,12,18H,10-11H2,1-4H3. The van der Waals surface area contributed by atoms with E-state index in [0.717, 1.165) is 23.6 Å². The van der Waals surface area contributed by atoms with Crippen molar-refractivity contribution in [1.29, 1.82) is 0 Å². The van der Waals surface area contributed by atoms with Crippen molar-refractivity contribution in [2.45, 2.75) is 39.5 Å². The van der Waals surface area contributed by atoms with E-state index in [1.165, 1.54) is 5.56 Å². The smallest absolute Gasteiger partial charge is 0.124 e. The molecule has 0 amide bonds. The van der Waals surface area contributed by atoms with E-state index in [4.69, 9.17) is 9.47 Å². The minimum Gasteiger partial charge on any atom is -0.497 e. The summed E-state index contributed by atoms with van der Waals surface area (Å²) < 4.78 is 11.3. The van der Waals surface area contributed by atoms with E-state index in [2.05, 4.69) is 42.9 Å². The summed E-state index contributed by atoms with van der Waals surface area (Å²) in [5.41, 5.74) is 2.37. The highest BCUT2D eigenvalue weighted by molar-refractivity contribution is 7.07. The number of hydrogen-bond acceptors (Lipinski definition) is 4. The predicted octanol–water partition coefficient (Wildman–Crippen LogP) is 4.22. The minimum atomic E-state index is 0.0632. The van der Waals surface area contributed by atoms with Crippen LogP contribution >= 0.6 is 11.3 Å². The van der Waals surface area contributed by atoms with Gasteiger partial charge >= 0.3 is 0 Å². The van der Waals surface area contributed by atoms with E-state index < -0.39 is 0 Å². The van der Waals surface area contributed by atoms with Crippen molar-refractivity contribution in [3.05, 3.63) is 46.2 Å². The van der Waals surface area contributed by atoms with Gasteiger partial charge in [-0.3, -0.25) is 0 Å². The van der Waals surface area contributed by atoms with Crippen LogP contribution in [0.5, 0.6) is 11.5 Å². The van der Waals surface area contributed by atoms with Crippen molar-refractivity contribution >= 4 is 11.3 Å². The first-order valence-electron chi connectivity index (χ1n) is 7.04. The van der Waals surface area contributed by atoms with Crippen molar-refractivity contribution in [2.75, 3.05) is 7.11 Å². The Balaban J connectivity index is 2.10. The molecule has 4 heteroatoms. The Morgan fingerprint density at radius 3 is 2.62 bits per heavy atom. The van der Waals surface area contributed by atoms with Crippen LogP contribution < -0.4 is 14.8 Å². The van der Waals surface area contributed by atoms with Gasteiger partial charge in [-0.2, -0.15) is 11.3 Å². The molecule has 0 aliphatic carbocycles. The lowest BCUT2D eigenvalue weighted by molar-refractivity contribution is 0.299. The number of rotatable bonds is 6. The van der Waals surface area contributed by atoms with Crippen LogP contribution in [0.4, 0.5) is 0 Å². The first-order valence-corrected chi connectivity index (χ1v) is 7.98. The third-order valence-electron chi connectivity index (χ3n) is 3.05. The van der Waals surface area contributed by atoms with Crippen molar-refractivity contribution < 1.29 is 9.47 Å². The molecular weight excluding hydrogens is 282 g/mol. The Kier molecular flexibility index (Phi) is 5.26. The minimum absolute atomic E-state index is 0.0632. The van der Waals surface area contributed by atoms with Gasteiger partial charge in [-0.25, -0.2) is 0 Å². The van der Waals surface area contributed by atoms with E-state index in [0.29, 0.717) is 6.61 Å². The molecule has 0 atom stereocenters. The Bertz CT molecular complexity index is 559. The van der Waals surface area contributed by atoms with Crippen LogP contribution in [0, 0.1) is 0 Å². The second-order valence-corrected chi connectivity index (χ2v) is 6.78. The molecule has 0 saturated heterocycles. The highest BCUT2D eigenvalue weighted by atomic mass is 32.1. The molecule has 114 valence electrons. The Labute approximate surface area is 130 Å². The van der Waals surface area contributed by atoms with Gasteiger partial charge in [0, 0.05) is 17.6 Å². The molecule has 0 aliphatic rings. The van der Waals surface area contributed by atoms with Gasteiger partial charge in [0.05, 0.1) is 7.11 Å². The van der Waals surface area contributed by atoms with Crippen molar-refractivity contribution in [3.63, 3.8) is 0 Å². The number of ether oxygens (including phenoxy) is 2. The van der Waals surface area contributed by atoms with Gasteiger partial charge in [0.15, 0.2) is 0 Å². The Hall–Kier alpha value is -1.52. The predicted molar refractivity (Wildman–Crippen MR) is 88.2 cm³/mol. The molecule has 3 nitrogen and oxygen atoms in total. The first kappa shape index (κ1) is 15.9. The van der Waals surface area contributed by atoms with E-state index in [9.17, 15) is 0 Å². The van der Waals surface area contributed by atoms with Crippen LogP contribution in [-0.2, 0) is 13.2 Å². The second kappa shape index (κ2) is 6.96. The maximum atomic E-state index is 5.96. The summed E-state index contributed by atoms with van der Waals surface area (Å²) >= 11 is 1.69. The zero-order valence-corrected chi connectivity index (χ0v) is 13.9. The first-order chi connectivity index (χ1) is 9.98. The molecular formula is C17H23NO2S. The van der Waals surface area contributed by atoms with E-state index in [1.807, 2.05) is 18.2 Å². The molecule has 1 N–H and O–H groups in total. The normalized spacial score (nSPS) is 11.4. The molecule has 0 spiro atoms. The summed E-state index contributed by atoms with van der Waals surface area (Å²) in [6, 6.07) is 8.03. The summed E-state index contributed by atoms with van der Waals surface area (Å²) in [4.78, 5) is 0. The van der Waals surface area contributed by atoms with E-state index >= 15 is 0 Å². The molecule has 1 aromatic heterocycles. The number of thiophene rings is 1. The Morgan fingerprint density at radius 2 is 2.00 bits per heavy atom. The molecule has 1 aromatic carbocycles. The lowest BCUT2D eigenvalue weighted by Gasteiger charge is -2.22. The fourth-order valence-electron chi connectivity index (χ4n) is 1.86. The highest BCUT2D eigenvalue weighted by Gasteiger charge is 2.12. The van der Waals surface area contributed by atoms with Crippen LogP contribution in [0.3, 0.4) is 0 Å². The van der Waals surface area contributed by atoms with Gasteiger partial charge in [-0.1, -0.05) is 0 Å². The van der Waals surface area contributed by atoms with Gasteiger partial charge in [-0.15, -0.1) is 0 Å². The zero-order valence-electron chi connectivity index (χ0n) is 13.1. The fourth-order valence-corrected chi connectivity index (χ4v) is 2.51. The maximum Gasteiger partial charge on any atom is 0.124 e. The second-order valence-electron chi connectivity index (χ2n) is 6.00.